The zero-order valence-corrected chi connectivity index (χ0v) is 18.4. The molecule has 1 aromatic heterocycles. The lowest BCUT2D eigenvalue weighted by atomic mass is 10.2. The largest absolute Gasteiger partial charge is 0.339 e. The van der Waals surface area contributed by atoms with Crippen molar-refractivity contribution < 1.29 is 9.18 Å². The third-order valence-corrected chi connectivity index (χ3v) is 6.46. The molecular weight excluding hydrogens is 439 g/mol. The molecule has 7 nitrogen and oxygen atoms in total. The van der Waals surface area contributed by atoms with E-state index in [1.807, 2.05) is 35.2 Å². The van der Waals surface area contributed by atoms with Gasteiger partial charge in [0.25, 0.3) is 0 Å². The second-order valence-electron chi connectivity index (χ2n) is 7.25. The molecule has 4 rings (SSSR count). The molecule has 1 aliphatic heterocycles. The molecule has 0 N–H and O–H groups in total. The predicted molar refractivity (Wildman–Crippen MR) is 117 cm³/mol. The monoisotopic (exact) mass is 460 g/mol. The Labute approximate surface area is 189 Å². The molecule has 0 radical (unpaired) electrons. The van der Waals surface area contributed by atoms with Crippen LogP contribution in [-0.2, 0) is 17.9 Å². The summed E-state index contributed by atoms with van der Waals surface area (Å²) in [5, 5.41) is 12.9. The summed E-state index contributed by atoms with van der Waals surface area (Å²) in [6, 6.07) is 14.6. The van der Waals surface area contributed by atoms with Gasteiger partial charge in [0.1, 0.15) is 5.82 Å². The Kier molecular flexibility index (Phi) is 7.16. The van der Waals surface area contributed by atoms with Crippen LogP contribution in [0.1, 0.15) is 11.1 Å². The van der Waals surface area contributed by atoms with E-state index in [2.05, 4.69) is 20.4 Å². The molecule has 0 bridgehead atoms. The van der Waals surface area contributed by atoms with Crippen molar-refractivity contribution in [1.82, 2.24) is 30.0 Å². The highest BCUT2D eigenvalue weighted by Crippen LogP contribution is 2.22. The first-order valence-electron chi connectivity index (χ1n) is 9.96. The first-order chi connectivity index (χ1) is 15.1. The van der Waals surface area contributed by atoms with Gasteiger partial charge in [-0.25, -0.2) is 9.07 Å². The molecule has 2 aromatic carbocycles. The summed E-state index contributed by atoms with van der Waals surface area (Å²) in [6.07, 6.45) is 0. The number of carbonyl (C=O) groups is 1. The van der Waals surface area contributed by atoms with Crippen molar-refractivity contribution in [3.05, 3.63) is 70.5 Å². The Balaban J connectivity index is 1.26. The highest BCUT2D eigenvalue weighted by atomic mass is 35.5. The maximum atomic E-state index is 14.0. The summed E-state index contributed by atoms with van der Waals surface area (Å²) in [4.78, 5) is 16.6. The van der Waals surface area contributed by atoms with Gasteiger partial charge in [-0.2, -0.15) is 0 Å². The molecule has 1 fully saturated rings. The second-order valence-corrected chi connectivity index (χ2v) is 8.60. The summed E-state index contributed by atoms with van der Waals surface area (Å²) in [6.45, 7) is 3.54. The number of rotatable bonds is 7. The maximum absolute atomic E-state index is 14.0. The van der Waals surface area contributed by atoms with E-state index in [4.69, 9.17) is 11.6 Å². The summed E-state index contributed by atoms with van der Waals surface area (Å²) in [7, 11) is 0. The minimum absolute atomic E-state index is 0.0443. The molecule has 3 aromatic rings. The van der Waals surface area contributed by atoms with Crippen LogP contribution in [0.4, 0.5) is 4.39 Å². The lowest BCUT2D eigenvalue weighted by Crippen LogP contribution is -2.48. The number of aromatic nitrogens is 4. The maximum Gasteiger partial charge on any atom is 0.233 e. The lowest BCUT2D eigenvalue weighted by molar-refractivity contribution is -0.130. The SMILES string of the molecule is O=C(CSc1nnnn1Cc1ccccc1)N1CCN(Cc2c(F)cccc2Cl)CC1. The first kappa shape index (κ1) is 21.7. The van der Waals surface area contributed by atoms with Gasteiger partial charge in [0, 0.05) is 43.3 Å². The highest BCUT2D eigenvalue weighted by molar-refractivity contribution is 7.99. The Hall–Kier alpha value is -2.49. The Morgan fingerprint density at radius 3 is 2.55 bits per heavy atom. The molecule has 1 aliphatic rings. The predicted octanol–water partition coefficient (Wildman–Crippen LogP) is 2.95. The fraction of sp³-hybridized carbons (Fsp3) is 0.333. The van der Waals surface area contributed by atoms with Crippen LogP contribution in [0.3, 0.4) is 0 Å². The van der Waals surface area contributed by atoms with Crippen LogP contribution in [0.15, 0.2) is 53.7 Å². The number of carbonyl (C=O) groups excluding carboxylic acids is 1. The molecule has 0 aliphatic carbocycles. The fourth-order valence-corrected chi connectivity index (χ4v) is 4.44. The van der Waals surface area contributed by atoms with Crippen LogP contribution in [0.5, 0.6) is 0 Å². The average Bonchev–Trinajstić information content (AvgIpc) is 3.23. The molecule has 1 saturated heterocycles. The summed E-state index contributed by atoms with van der Waals surface area (Å²) >= 11 is 7.47. The lowest BCUT2D eigenvalue weighted by Gasteiger charge is -2.34. The molecule has 10 heteroatoms. The highest BCUT2D eigenvalue weighted by Gasteiger charge is 2.23. The fourth-order valence-electron chi connectivity index (χ4n) is 3.44. The summed E-state index contributed by atoms with van der Waals surface area (Å²) in [5.41, 5.74) is 1.60. The zero-order valence-electron chi connectivity index (χ0n) is 16.8. The van der Waals surface area contributed by atoms with E-state index in [0.29, 0.717) is 55.0 Å². The number of piperazine rings is 1. The van der Waals surface area contributed by atoms with Crippen molar-refractivity contribution in [2.45, 2.75) is 18.2 Å². The standard InChI is InChI=1S/C21H22ClFN6OS/c22-18-7-4-8-19(23)17(18)14-27-9-11-28(12-10-27)20(30)15-31-21-24-25-26-29(21)13-16-5-2-1-3-6-16/h1-8H,9-15H2. The van der Waals surface area contributed by atoms with Crippen molar-refractivity contribution in [3.63, 3.8) is 0 Å². The van der Waals surface area contributed by atoms with Crippen LogP contribution in [0, 0.1) is 5.82 Å². The van der Waals surface area contributed by atoms with Gasteiger partial charge < -0.3 is 4.90 Å². The van der Waals surface area contributed by atoms with Crippen molar-refractivity contribution in [3.8, 4) is 0 Å². The van der Waals surface area contributed by atoms with Crippen molar-refractivity contribution >= 4 is 29.3 Å². The van der Waals surface area contributed by atoms with Gasteiger partial charge in [0.05, 0.1) is 12.3 Å². The second kappa shape index (κ2) is 10.2. The van der Waals surface area contributed by atoms with Gasteiger partial charge in [-0.1, -0.05) is 59.8 Å². The zero-order chi connectivity index (χ0) is 21.6. The van der Waals surface area contributed by atoms with E-state index in [9.17, 15) is 9.18 Å². The smallest absolute Gasteiger partial charge is 0.233 e. The Morgan fingerprint density at radius 2 is 1.81 bits per heavy atom. The molecule has 0 spiro atoms. The molecule has 0 unspecified atom stereocenters. The van der Waals surface area contributed by atoms with Gasteiger partial charge in [-0.3, -0.25) is 9.69 Å². The minimum atomic E-state index is -0.296. The van der Waals surface area contributed by atoms with Gasteiger partial charge >= 0.3 is 0 Å². The molecule has 2 heterocycles. The van der Waals surface area contributed by atoms with E-state index < -0.39 is 0 Å². The van der Waals surface area contributed by atoms with Crippen LogP contribution in [0.25, 0.3) is 0 Å². The number of tetrazole rings is 1. The molecule has 1 amide bonds. The van der Waals surface area contributed by atoms with E-state index in [1.54, 1.807) is 16.8 Å². The normalized spacial score (nSPS) is 14.7. The molecule has 31 heavy (non-hydrogen) atoms. The van der Waals surface area contributed by atoms with Gasteiger partial charge in [-0.15, -0.1) is 5.10 Å². The summed E-state index contributed by atoms with van der Waals surface area (Å²) < 4.78 is 15.7. The number of benzene rings is 2. The van der Waals surface area contributed by atoms with Crippen LogP contribution < -0.4 is 0 Å². The van der Waals surface area contributed by atoms with Crippen molar-refractivity contribution in [1.29, 1.82) is 0 Å². The summed E-state index contributed by atoms with van der Waals surface area (Å²) in [5.74, 6) is 0.0207. The molecule has 0 atom stereocenters. The number of hydrogen-bond donors (Lipinski definition) is 0. The Morgan fingerprint density at radius 1 is 1.03 bits per heavy atom. The topological polar surface area (TPSA) is 67.2 Å². The Bertz CT molecular complexity index is 1010. The molecule has 0 saturated carbocycles. The van der Waals surface area contributed by atoms with E-state index in [-0.39, 0.29) is 17.5 Å². The van der Waals surface area contributed by atoms with Crippen LogP contribution in [0.2, 0.25) is 5.02 Å². The van der Waals surface area contributed by atoms with E-state index in [1.165, 1.54) is 17.8 Å². The number of halogens is 2. The average molecular weight is 461 g/mol. The van der Waals surface area contributed by atoms with Crippen LogP contribution in [-0.4, -0.2) is 67.8 Å². The van der Waals surface area contributed by atoms with Gasteiger partial charge in [-0.05, 0) is 28.1 Å². The van der Waals surface area contributed by atoms with E-state index in [0.717, 1.165) is 5.56 Å². The molecular formula is C21H22ClFN6OS. The van der Waals surface area contributed by atoms with Crippen molar-refractivity contribution in [2.75, 3.05) is 31.9 Å². The van der Waals surface area contributed by atoms with Crippen LogP contribution >= 0.6 is 23.4 Å². The van der Waals surface area contributed by atoms with Crippen molar-refractivity contribution in [2.24, 2.45) is 0 Å². The first-order valence-corrected chi connectivity index (χ1v) is 11.3. The van der Waals surface area contributed by atoms with Gasteiger partial charge in [0.15, 0.2) is 0 Å². The third-order valence-electron chi connectivity index (χ3n) is 5.17. The number of thioether (sulfide) groups is 1. The number of amides is 1. The minimum Gasteiger partial charge on any atom is -0.339 e. The third kappa shape index (κ3) is 5.61. The number of hydrogen-bond acceptors (Lipinski definition) is 6. The van der Waals surface area contributed by atoms with E-state index >= 15 is 0 Å². The van der Waals surface area contributed by atoms with Gasteiger partial charge in [0.2, 0.25) is 11.1 Å². The number of nitrogens with zero attached hydrogens (tertiary/aromatic N) is 6. The molecule has 162 valence electrons. The quantitative estimate of drug-likeness (QED) is 0.505.